The van der Waals surface area contributed by atoms with E-state index >= 15 is 0 Å². The Balaban J connectivity index is 1.97. The molecule has 0 aromatic carbocycles. The van der Waals surface area contributed by atoms with E-state index in [0.717, 1.165) is 36.4 Å². The van der Waals surface area contributed by atoms with Gasteiger partial charge in [-0.1, -0.05) is 12.2 Å². The molecule has 0 amide bonds. The van der Waals surface area contributed by atoms with E-state index in [1.807, 2.05) is 6.92 Å². The maximum Gasteiger partial charge on any atom is 0.323 e. The van der Waals surface area contributed by atoms with Gasteiger partial charge >= 0.3 is 11.9 Å². The lowest BCUT2D eigenvalue weighted by atomic mass is 9.83. The van der Waals surface area contributed by atoms with E-state index in [2.05, 4.69) is 6.58 Å². The van der Waals surface area contributed by atoms with Crippen LogP contribution in [0.25, 0.3) is 0 Å². The molecule has 3 rings (SSSR count). The number of allylic oxidation sites excluding steroid dienone is 1. The number of carbonyl (C=O) groups is 2. The Morgan fingerprint density at radius 3 is 2.27 bits per heavy atom. The highest BCUT2D eigenvalue weighted by Gasteiger charge is 2.56. The zero-order valence-corrected chi connectivity index (χ0v) is 16.0. The second-order valence-corrected chi connectivity index (χ2v) is 7.30. The van der Waals surface area contributed by atoms with Crippen LogP contribution in [0.15, 0.2) is 16.6 Å². The van der Waals surface area contributed by atoms with Gasteiger partial charge in [-0.3, -0.25) is 9.59 Å². The monoisotopic (exact) mass is 360 g/mol. The fourth-order valence-corrected chi connectivity index (χ4v) is 4.42. The lowest BCUT2D eigenvalue weighted by molar-refractivity contribution is -0.171. The fraction of sp³-hybridized carbons (Fsp3) is 0.619. The topological polar surface area (TPSA) is 65.7 Å². The minimum atomic E-state index is -1.31. The van der Waals surface area contributed by atoms with Crippen molar-refractivity contribution in [3.63, 3.8) is 0 Å². The zero-order valence-electron chi connectivity index (χ0n) is 16.0. The summed E-state index contributed by atoms with van der Waals surface area (Å²) in [4.78, 5) is 25.4. The number of rotatable bonds is 5. The number of carbonyl (C=O) groups excluding carboxylic acids is 2. The van der Waals surface area contributed by atoms with Crippen molar-refractivity contribution >= 4 is 11.9 Å². The molecule has 1 atom stereocenters. The summed E-state index contributed by atoms with van der Waals surface area (Å²) in [6.45, 7) is 10.1. The minimum Gasteiger partial charge on any atom is -0.465 e. The molecular weight excluding hydrogens is 332 g/mol. The van der Waals surface area contributed by atoms with Crippen LogP contribution in [0.1, 0.15) is 68.1 Å². The summed E-state index contributed by atoms with van der Waals surface area (Å²) in [6, 6.07) is 0. The zero-order chi connectivity index (χ0) is 18.9. The van der Waals surface area contributed by atoms with Gasteiger partial charge in [0.15, 0.2) is 5.41 Å². The maximum atomic E-state index is 12.7. The highest BCUT2D eigenvalue weighted by Crippen LogP contribution is 2.53. The van der Waals surface area contributed by atoms with Crippen molar-refractivity contribution in [3.8, 4) is 0 Å². The molecule has 1 heterocycles. The van der Waals surface area contributed by atoms with Gasteiger partial charge in [0, 0.05) is 5.92 Å². The van der Waals surface area contributed by atoms with Crippen molar-refractivity contribution in [2.75, 3.05) is 13.2 Å². The van der Waals surface area contributed by atoms with Crippen LogP contribution >= 0.6 is 0 Å². The average molecular weight is 360 g/mol. The molecule has 5 heteroatoms. The maximum absolute atomic E-state index is 12.7. The first-order chi connectivity index (χ1) is 12.4. The molecule has 2 aliphatic rings. The number of aryl methyl sites for hydroxylation is 1. The first-order valence-electron chi connectivity index (χ1n) is 9.57. The second kappa shape index (κ2) is 7.29. The van der Waals surface area contributed by atoms with Crippen LogP contribution in [0.4, 0.5) is 0 Å². The minimum absolute atomic E-state index is 0.149. The number of furan rings is 1. The van der Waals surface area contributed by atoms with Crippen LogP contribution in [0.2, 0.25) is 0 Å². The molecule has 0 radical (unpaired) electrons. The Labute approximate surface area is 154 Å². The highest BCUT2D eigenvalue weighted by atomic mass is 16.6. The molecular formula is C21H28O5. The Hall–Kier alpha value is -2.04. The van der Waals surface area contributed by atoms with Gasteiger partial charge < -0.3 is 13.9 Å². The Morgan fingerprint density at radius 2 is 1.69 bits per heavy atom. The molecule has 1 fully saturated rings. The standard InChI is InChI=1S/C21H28O5/c1-5-24-19(22)21(20(23)25-6-2)11-13(3)17(12-21)18-16-10-8-7-9-15(16)14(4)26-18/h17H,3,5-12H2,1-2,4H3. The van der Waals surface area contributed by atoms with Crippen molar-refractivity contribution in [2.45, 2.75) is 65.2 Å². The fourth-order valence-electron chi connectivity index (χ4n) is 4.42. The van der Waals surface area contributed by atoms with E-state index < -0.39 is 17.4 Å². The quantitative estimate of drug-likeness (QED) is 0.451. The molecule has 0 spiro atoms. The van der Waals surface area contributed by atoms with Gasteiger partial charge in [-0.2, -0.15) is 0 Å². The third-order valence-electron chi connectivity index (χ3n) is 5.68. The SMILES string of the molecule is C=C1CC(C(=O)OCC)(C(=O)OCC)CC1c1oc(C)c2c1CCCC2. The van der Waals surface area contributed by atoms with Gasteiger partial charge in [-0.15, -0.1) is 0 Å². The molecule has 1 unspecified atom stereocenters. The molecule has 0 saturated heterocycles. The highest BCUT2D eigenvalue weighted by molar-refractivity contribution is 6.01. The molecule has 0 N–H and O–H groups in total. The molecule has 26 heavy (non-hydrogen) atoms. The van der Waals surface area contributed by atoms with Gasteiger partial charge in [0.05, 0.1) is 13.2 Å². The summed E-state index contributed by atoms with van der Waals surface area (Å²) in [5.41, 5.74) is 2.08. The van der Waals surface area contributed by atoms with Crippen molar-refractivity contribution < 1.29 is 23.5 Å². The van der Waals surface area contributed by atoms with Gasteiger partial charge in [-0.05, 0) is 70.4 Å². The Kier molecular flexibility index (Phi) is 5.26. The summed E-state index contributed by atoms with van der Waals surface area (Å²) in [6.07, 6.45) is 4.89. The Bertz CT molecular complexity index is 709. The number of hydrogen-bond donors (Lipinski definition) is 0. The van der Waals surface area contributed by atoms with E-state index in [4.69, 9.17) is 13.9 Å². The van der Waals surface area contributed by atoms with Gasteiger partial charge in [-0.25, -0.2) is 0 Å². The molecule has 2 aliphatic carbocycles. The molecule has 0 bridgehead atoms. The van der Waals surface area contributed by atoms with Crippen molar-refractivity contribution in [1.82, 2.24) is 0 Å². The van der Waals surface area contributed by atoms with Gasteiger partial charge in [0.25, 0.3) is 0 Å². The molecule has 0 aliphatic heterocycles. The summed E-state index contributed by atoms with van der Waals surface area (Å²) in [5, 5.41) is 0. The smallest absolute Gasteiger partial charge is 0.323 e. The molecule has 1 saturated carbocycles. The molecule has 1 aromatic heterocycles. The van der Waals surface area contributed by atoms with Crippen LogP contribution in [0.3, 0.4) is 0 Å². The van der Waals surface area contributed by atoms with Crippen LogP contribution in [0, 0.1) is 12.3 Å². The largest absolute Gasteiger partial charge is 0.465 e. The third-order valence-corrected chi connectivity index (χ3v) is 5.68. The average Bonchev–Trinajstić information content (AvgIpc) is 3.14. The summed E-state index contributed by atoms with van der Waals surface area (Å²) in [7, 11) is 0. The van der Waals surface area contributed by atoms with Crippen molar-refractivity contribution in [3.05, 3.63) is 34.8 Å². The molecule has 5 nitrogen and oxygen atoms in total. The number of hydrogen-bond acceptors (Lipinski definition) is 5. The lowest BCUT2D eigenvalue weighted by Gasteiger charge is -2.24. The second-order valence-electron chi connectivity index (χ2n) is 7.30. The van der Waals surface area contributed by atoms with Gasteiger partial charge in [0.1, 0.15) is 11.5 Å². The van der Waals surface area contributed by atoms with Crippen molar-refractivity contribution in [1.29, 1.82) is 0 Å². The van der Waals surface area contributed by atoms with E-state index in [0.29, 0.717) is 6.42 Å². The van der Waals surface area contributed by atoms with Crippen LogP contribution in [-0.4, -0.2) is 25.2 Å². The van der Waals surface area contributed by atoms with Crippen LogP contribution in [0.5, 0.6) is 0 Å². The summed E-state index contributed by atoms with van der Waals surface area (Å²) in [5.74, 6) is 0.660. The summed E-state index contributed by atoms with van der Waals surface area (Å²) < 4.78 is 16.6. The first kappa shape index (κ1) is 18.7. The predicted octanol–water partition coefficient (Wildman–Crippen LogP) is 4.01. The lowest BCUT2D eigenvalue weighted by Crippen LogP contribution is -2.40. The molecule has 142 valence electrons. The van der Waals surface area contributed by atoms with E-state index in [-0.39, 0.29) is 25.6 Å². The third kappa shape index (κ3) is 2.97. The Morgan fingerprint density at radius 1 is 1.12 bits per heavy atom. The van der Waals surface area contributed by atoms with Crippen LogP contribution in [-0.2, 0) is 31.9 Å². The van der Waals surface area contributed by atoms with Crippen LogP contribution < -0.4 is 0 Å². The number of esters is 2. The molecule has 1 aromatic rings. The van der Waals surface area contributed by atoms with E-state index in [1.54, 1.807) is 13.8 Å². The van der Waals surface area contributed by atoms with E-state index in [9.17, 15) is 9.59 Å². The first-order valence-corrected chi connectivity index (χ1v) is 9.57. The van der Waals surface area contributed by atoms with E-state index in [1.165, 1.54) is 17.5 Å². The number of ether oxygens (including phenoxy) is 2. The normalized spacial score (nSPS) is 21.3. The summed E-state index contributed by atoms with van der Waals surface area (Å²) >= 11 is 0. The predicted molar refractivity (Wildman–Crippen MR) is 96.9 cm³/mol. The van der Waals surface area contributed by atoms with Gasteiger partial charge in [0.2, 0.25) is 0 Å². The van der Waals surface area contributed by atoms with Crippen molar-refractivity contribution in [2.24, 2.45) is 5.41 Å². The number of fused-ring (bicyclic) bond motifs is 1.